The van der Waals surface area contributed by atoms with Crippen LogP contribution in [0, 0.1) is 5.92 Å². The summed E-state index contributed by atoms with van der Waals surface area (Å²) in [5, 5.41) is 10.2. The summed E-state index contributed by atoms with van der Waals surface area (Å²) < 4.78 is 5.67. The van der Waals surface area contributed by atoms with Gasteiger partial charge < -0.3 is 10.2 Å². The van der Waals surface area contributed by atoms with Crippen molar-refractivity contribution >= 4 is 11.3 Å². The van der Waals surface area contributed by atoms with Gasteiger partial charge in [0, 0.05) is 6.54 Å². The molecule has 2 aromatic heterocycles. The number of hydrogen-bond donors (Lipinski definition) is 1. The molecule has 0 amide bonds. The Morgan fingerprint density at radius 1 is 1.50 bits per heavy atom. The first-order valence-corrected chi connectivity index (χ1v) is 7.02. The van der Waals surface area contributed by atoms with Crippen LogP contribution in [0.15, 0.2) is 21.9 Å². The standard InChI is InChI=1S/C12H16N4OS/c13-6-9-3-4-16(7-9)8-11-14-15-12(17-11)10-2-1-5-18-10/h1-2,5,9H,3-4,6-8,13H2. The van der Waals surface area contributed by atoms with Gasteiger partial charge in [-0.05, 0) is 36.9 Å². The topological polar surface area (TPSA) is 68.2 Å². The number of likely N-dealkylation sites (tertiary alicyclic amines) is 1. The molecular weight excluding hydrogens is 248 g/mol. The number of nitrogens with zero attached hydrogens (tertiary/aromatic N) is 3. The van der Waals surface area contributed by atoms with Gasteiger partial charge >= 0.3 is 0 Å². The zero-order chi connectivity index (χ0) is 12.4. The van der Waals surface area contributed by atoms with Crippen molar-refractivity contribution in [2.45, 2.75) is 13.0 Å². The van der Waals surface area contributed by atoms with Crippen molar-refractivity contribution in [3.05, 3.63) is 23.4 Å². The van der Waals surface area contributed by atoms with Gasteiger partial charge in [0.2, 0.25) is 5.89 Å². The quantitative estimate of drug-likeness (QED) is 0.908. The minimum absolute atomic E-state index is 0.615. The van der Waals surface area contributed by atoms with Crippen LogP contribution in [-0.2, 0) is 6.54 Å². The fourth-order valence-corrected chi connectivity index (χ4v) is 2.90. The van der Waals surface area contributed by atoms with E-state index in [0.717, 1.165) is 31.1 Å². The van der Waals surface area contributed by atoms with E-state index in [-0.39, 0.29) is 0 Å². The van der Waals surface area contributed by atoms with Crippen molar-refractivity contribution < 1.29 is 4.42 Å². The Morgan fingerprint density at radius 3 is 3.17 bits per heavy atom. The van der Waals surface area contributed by atoms with Crippen LogP contribution >= 0.6 is 11.3 Å². The zero-order valence-corrected chi connectivity index (χ0v) is 10.9. The lowest BCUT2D eigenvalue weighted by Crippen LogP contribution is -2.22. The second-order valence-corrected chi connectivity index (χ2v) is 5.55. The highest BCUT2D eigenvalue weighted by Gasteiger charge is 2.23. The summed E-state index contributed by atoms with van der Waals surface area (Å²) in [5.74, 6) is 1.93. The maximum Gasteiger partial charge on any atom is 0.257 e. The van der Waals surface area contributed by atoms with Crippen LogP contribution in [0.4, 0.5) is 0 Å². The maximum absolute atomic E-state index is 5.68. The lowest BCUT2D eigenvalue weighted by Gasteiger charge is -2.12. The summed E-state index contributed by atoms with van der Waals surface area (Å²) in [7, 11) is 0. The van der Waals surface area contributed by atoms with Crippen LogP contribution in [0.25, 0.3) is 10.8 Å². The van der Waals surface area contributed by atoms with Crippen LogP contribution in [0.3, 0.4) is 0 Å². The van der Waals surface area contributed by atoms with E-state index in [1.807, 2.05) is 17.5 Å². The van der Waals surface area contributed by atoms with E-state index in [0.29, 0.717) is 17.7 Å². The number of hydrogen-bond acceptors (Lipinski definition) is 6. The van der Waals surface area contributed by atoms with Crippen molar-refractivity contribution in [1.29, 1.82) is 0 Å². The number of rotatable bonds is 4. The molecule has 1 aliphatic rings. The average molecular weight is 264 g/mol. The van der Waals surface area contributed by atoms with Crippen molar-refractivity contribution in [1.82, 2.24) is 15.1 Å². The monoisotopic (exact) mass is 264 g/mol. The molecule has 6 heteroatoms. The molecule has 18 heavy (non-hydrogen) atoms. The van der Waals surface area contributed by atoms with Gasteiger partial charge in [-0.3, -0.25) is 4.90 Å². The lowest BCUT2D eigenvalue weighted by atomic mass is 10.1. The fraction of sp³-hybridized carbons (Fsp3) is 0.500. The van der Waals surface area contributed by atoms with E-state index >= 15 is 0 Å². The van der Waals surface area contributed by atoms with Crippen LogP contribution in [0.1, 0.15) is 12.3 Å². The van der Waals surface area contributed by atoms with E-state index in [4.69, 9.17) is 10.2 Å². The molecule has 1 fully saturated rings. The Kier molecular flexibility index (Phi) is 3.40. The van der Waals surface area contributed by atoms with Gasteiger partial charge in [0.05, 0.1) is 11.4 Å². The third-order valence-electron chi connectivity index (χ3n) is 3.26. The van der Waals surface area contributed by atoms with Crippen molar-refractivity contribution in [2.75, 3.05) is 19.6 Å². The third-order valence-corrected chi connectivity index (χ3v) is 4.12. The Labute approximate surface area is 110 Å². The third kappa shape index (κ3) is 2.45. The normalized spacial score (nSPS) is 20.6. The largest absolute Gasteiger partial charge is 0.419 e. The number of thiophene rings is 1. The van der Waals surface area contributed by atoms with Crippen LogP contribution < -0.4 is 5.73 Å². The van der Waals surface area contributed by atoms with E-state index in [9.17, 15) is 0 Å². The summed E-state index contributed by atoms with van der Waals surface area (Å²) >= 11 is 1.61. The van der Waals surface area contributed by atoms with E-state index in [2.05, 4.69) is 15.1 Å². The Hall–Kier alpha value is -1.24. The average Bonchev–Trinajstić information content (AvgIpc) is 3.10. The first-order chi connectivity index (χ1) is 8.85. The second kappa shape index (κ2) is 5.17. The van der Waals surface area contributed by atoms with Crippen LogP contribution in [-0.4, -0.2) is 34.7 Å². The predicted molar refractivity (Wildman–Crippen MR) is 70.0 cm³/mol. The van der Waals surface area contributed by atoms with Gasteiger partial charge in [0.15, 0.2) is 0 Å². The molecule has 0 saturated carbocycles. The number of aromatic nitrogens is 2. The molecule has 2 aromatic rings. The lowest BCUT2D eigenvalue weighted by molar-refractivity contribution is 0.282. The van der Waals surface area contributed by atoms with Gasteiger partial charge in [-0.1, -0.05) is 6.07 Å². The minimum Gasteiger partial charge on any atom is -0.419 e. The summed E-state index contributed by atoms with van der Waals surface area (Å²) in [5.41, 5.74) is 5.68. The molecule has 3 rings (SSSR count). The van der Waals surface area contributed by atoms with Gasteiger partial charge in [-0.2, -0.15) is 0 Å². The summed E-state index contributed by atoms with van der Waals surface area (Å²) in [6.45, 7) is 3.60. The molecule has 1 saturated heterocycles. The van der Waals surface area contributed by atoms with Gasteiger partial charge in [-0.25, -0.2) is 0 Å². The first kappa shape index (κ1) is 11.8. The zero-order valence-electron chi connectivity index (χ0n) is 10.1. The smallest absolute Gasteiger partial charge is 0.257 e. The Morgan fingerprint density at radius 2 is 2.44 bits per heavy atom. The van der Waals surface area contributed by atoms with Gasteiger partial charge in [-0.15, -0.1) is 21.5 Å². The molecule has 5 nitrogen and oxygen atoms in total. The predicted octanol–water partition coefficient (Wildman–Crippen LogP) is 1.58. The van der Waals surface area contributed by atoms with Gasteiger partial charge in [0.1, 0.15) is 0 Å². The molecule has 0 aromatic carbocycles. The van der Waals surface area contributed by atoms with Crippen molar-refractivity contribution in [3.8, 4) is 10.8 Å². The van der Waals surface area contributed by atoms with E-state index < -0.39 is 0 Å². The molecule has 1 atom stereocenters. The van der Waals surface area contributed by atoms with Crippen LogP contribution in [0.2, 0.25) is 0 Å². The maximum atomic E-state index is 5.68. The van der Waals surface area contributed by atoms with Gasteiger partial charge in [0.25, 0.3) is 5.89 Å². The highest BCUT2D eigenvalue weighted by molar-refractivity contribution is 7.13. The highest BCUT2D eigenvalue weighted by Crippen LogP contribution is 2.24. The molecule has 0 radical (unpaired) electrons. The SMILES string of the molecule is NCC1CCN(Cc2nnc(-c3cccs3)o2)C1. The molecule has 2 N–H and O–H groups in total. The summed E-state index contributed by atoms with van der Waals surface area (Å²) in [6.07, 6.45) is 1.17. The number of nitrogens with two attached hydrogens (primary N) is 1. The second-order valence-electron chi connectivity index (χ2n) is 4.60. The summed E-state index contributed by atoms with van der Waals surface area (Å²) in [4.78, 5) is 3.35. The fourth-order valence-electron chi connectivity index (χ4n) is 2.26. The van der Waals surface area contributed by atoms with Crippen LogP contribution in [0.5, 0.6) is 0 Å². The van der Waals surface area contributed by atoms with E-state index in [1.165, 1.54) is 6.42 Å². The van der Waals surface area contributed by atoms with Crippen molar-refractivity contribution in [3.63, 3.8) is 0 Å². The molecule has 0 aliphatic carbocycles. The van der Waals surface area contributed by atoms with E-state index in [1.54, 1.807) is 11.3 Å². The molecule has 0 spiro atoms. The highest BCUT2D eigenvalue weighted by atomic mass is 32.1. The first-order valence-electron chi connectivity index (χ1n) is 6.14. The summed E-state index contributed by atoms with van der Waals surface area (Å²) in [6, 6.07) is 3.97. The molecule has 0 bridgehead atoms. The van der Waals surface area contributed by atoms with Crippen molar-refractivity contribution in [2.24, 2.45) is 11.7 Å². The molecule has 1 aliphatic heterocycles. The Balaban J connectivity index is 1.64. The molecular formula is C12H16N4OS. The minimum atomic E-state index is 0.615. The molecule has 3 heterocycles. The Bertz CT molecular complexity index is 496. The molecule has 1 unspecified atom stereocenters. The molecule has 96 valence electrons.